The third-order valence-corrected chi connectivity index (χ3v) is 10.5. The second-order valence-electron chi connectivity index (χ2n) is 15.1. The number of para-hydroxylation sites is 2. The average Bonchev–Trinajstić information content (AvgIpc) is 3.40. The Hall–Kier alpha value is -9.58. The Bertz CT molecular complexity index is 3310. The third-order valence-electron chi connectivity index (χ3n) is 10.5. The SMILES string of the molecule is C.COC(=O)c1ccc(C(=O)CO)c(N=Nc2c(O)c(C(=O)Nc3ccccc3)cc3ccccc23)c1.COC(=O)c1ccc(C(=O)CO)cc1N.O=C(Nc1ccccc1)c1cc2ccccc2cc1O. The predicted octanol–water partition coefficient (Wildman–Crippen LogP) is 9.84. The first-order chi connectivity index (χ1) is 34.3. The van der Waals surface area contributed by atoms with Crippen molar-refractivity contribution >= 4 is 85.3 Å². The number of carbonyl (C=O) groups is 6. The molecule has 8 aromatic rings. The van der Waals surface area contributed by atoms with E-state index in [-0.39, 0.29) is 69.5 Å². The zero-order valence-electron chi connectivity index (χ0n) is 38.0. The first-order valence-corrected chi connectivity index (χ1v) is 21.4. The van der Waals surface area contributed by atoms with Crippen LogP contribution in [0.1, 0.15) is 69.6 Å². The molecule has 0 radical (unpaired) electrons. The average molecular weight is 972 g/mol. The molecular weight excluding hydrogens is 923 g/mol. The van der Waals surface area contributed by atoms with Crippen LogP contribution in [0.15, 0.2) is 174 Å². The van der Waals surface area contributed by atoms with Crippen molar-refractivity contribution in [3.8, 4) is 11.5 Å². The summed E-state index contributed by atoms with van der Waals surface area (Å²) >= 11 is 0. The summed E-state index contributed by atoms with van der Waals surface area (Å²) in [6.07, 6.45) is 0. The van der Waals surface area contributed by atoms with Crippen molar-refractivity contribution in [1.29, 1.82) is 0 Å². The lowest BCUT2D eigenvalue weighted by Crippen LogP contribution is -2.12. The number of esters is 2. The van der Waals surface area contributed by atoms with E-state index in [1.165, 1.54) is 50.6 Å². The molecule has 0 aliphatic rings. The highest BCUT2D eigenvalue weighted by Gasteiger charge is 2.20. The smallest absolute Gasteiger partial charge is 0.339 e. The number of aliphatic hydroxyl groups is 2. The normalized spacial score (nSPS) is 10.4. The van der Waals surface area contributed by atoms with Crippen molar-refractivity contribution < 1.29 is 58.7 Å². The topological polar surface area (TPSA) is 277 Å². The number of phenols is 2. The van der Waals surface area contributed by atoms with E-state index in [4.69, 9.17) is 15.6 Å². The number of azo groups is 1. The van der Waals surface area contributed by atoms with Crippen molar-refractivity contribution in [3.05, 3.63) is 197 Å². The Morgan fingerprint density at radius 1 is 0.514 bits per heavy atom. The van der Waals surface area contributed by atoms with E-state index in [9.17, 15) is 44.1 Å². The zero-order chi connectivity index (χ0) is 51.0. The lowest BCUT2D eigenvalue weighted by Gasteiger charge is -2.11. The quantitative estimate of drug-likeness (QED) is 0.0260. The maximum atomic E-state index is 13.0. The van der Waals surface area contributed by atoms with Gasteiger partial charge in [-0.2, -0.15) is 0 Å². The molecule has 0 atom stereocenters. The number of nitrogens with one attached hydrogen (secondary N) is 2. The number of carbonyl (C=O) groups excluding carboxylic acids is 6. The number of nitrogens with two attached hydrogens (primary N) is 1. The molecule has 72 heavy (non-hydrogen) atoms. The molecular formula is C55H49N5O12. The minimum Gasteiger partial charge on any atom is -0.507 e. The van der Waals surface area contributed by atoms with Gasteiger partial charge in [0.1, 0.15) is 24.7 Å². The van der Waals surface area contributed by atoms with Gasteiger partial charge in [-0.15, -0.1) is 10.2 Å². The summed E-state index contributed by atoms with van der Waals surface area (Å²) in [5.41, 5.74) is 7.79. The van der Waals surface area contributed by atoms with E-state index in [1.54, 1.807) is 78.9 Å². The number of ketones is 2. The minimum absolute atomic E-state index is 0. The molecule has 0 heterocycles. The van der Waals surface area contributed by atoms with Crippen LogP contribution < -0.4 is 16.4 Å². The molecule has 0 aliphatic carbocycles. The Balaban J connectivity index is 0.000000224. The van der Waals surface area contributed by atoms with Crippen molar-refractivity contribution in [3.63, 3.8) is 0 Å². The minimum atomic E-state index is -0.774. The van der Waals surface area contributed by atoms with Gasteiger partial charge in [0.05, 0.1) is 42.2 Å². The second kappa shape index (κ2) is 25.2. The number of phenolic OH excluding ortho intramolecular Hbond substituents is 2. The van der Waals surface area contributed by atoms with E-state index in [2.05, 4.69) is 25.6 Å². The number of aliphatic hydroxyl groups excluding tert-OH is 2. The maximum absolute atomic E-state index is 13.0. The van der Waals surface area contributed by atoms with E-state index in [0.29, 0.717) is 22.1 Å². The number of nitrogens with zero attached hydrogens (tertiary/aromatic N) is 2. The van der Waals surface area contributed by atoms with Crippen molar-refractivity contribution in [2.75, 3.05) is 43.8 Å². The Morgan fingerprint density at radius 2 is 1.01 bits per heavy atom. The highest BCUT2D eigenvalue weighted by molar-refractivity contribution is 6.12. The van der Waals surface area contributed by atoms with Crippen LogP contribution >= 0.6 is 0 Å². The Morgan fingerprint density at radius 3 is 1.58 bits per heavy atom. The number of nitrogen functional groups attached to an aromatic ring is 1. The maximum Gasteiger partial charge on any atom is 0.339 e. The highest BCUT2D eigenvalue weighted by atomic mass is 16.5. The number of anilines is 3. The van der Waals surface area contributed by atoms with Gasteiger partial charge in [-0.25, -0.2) is 9.59 Å². The molecule has 0 aromatic heterocycles. The lowest BCUT2D eigenvalue weighted by atomic mass is 10.0. The molecule has 0 aliphatic heterocycles. The van der Waals surface area contributed by atoms with E-state index >= 15 is 0 Å². The zero-order valence-corrected chi connectivity index (χ0v) is 38.0. The van der Waals surface area contributed by atoms with Crippen LogP contribution in [0.25, 0.3) is 21.5 Å². The fourth-order valence-corrected chi connectivity index (χ4v) is 6.85. The van der Waals surface area contributed by atoms with E-state index in [0.717, 1.165) is 10.8 Å². The largest absolute Gasteiger partial charge is 0.507 e. The summed E-state index contributed by atoms with van der Waals surface area (Å²) in [4.78, 5) is 71.6. The molecule has 0 fully saturated rings. The third kappa shape index (κ3) is 13.1. The van der Waals surface area contributed by atoms with Crippen LogP contribution in [0.4, 0.5) is 28.4 Å². The number of rotatable bonds is 12. The molecule has 0 unspecified atom stereocenters. The predicted molar refractivity (Wildman–Crippen MR) is 274 cm³/mol. The summed E-state index contributed by atoms with van der Waals surface area (Å²) in [7, 11) is 2.46. The number of amides is 2. The van der Waals surface area contributed by atoms with Gasteiger partial charge >= 0.3 is 11.9 Å². The molecule has 8 rings (SSSR count). The second-order valence-corrected chi connectivity index (χ2v) is 15.1. The summed E-state index contributed by atoms with van der Waals surface area (Å²) in [5.74, 6) is -3.59. The van der Waals surface area contributed by atoms with Crippen molar-refractivity contribution in [1.82, 2.24) is 0 Å². The molecule has 0 saturated carbocycles. The standard InChI is InChI=1S/C27H21N3O6.C17H13NO2.C10H11NO4.CH4/c1-36-27(35)17-11-12-20(23(32)15-31)22(14-17)29-30-24-19-10-6-5-7-16(19)13-21(25(24)33)26(34)28-18-8-3-2-4-9-18;19-16-11-13-7-5-4-6-12(13)10-15(16)17(20)18-14-8-2-1-3-9-14;1-15-10(14)7-3-2-6(4-8(7)11)9(13)5-12;/h2-14,31,33H,15H2,1H3,(H,28,34);1-11,19H,(H,18,20);2-4,12H,5,11H2,1H3;1H4. The number of methoxy groups -OCH3 is 2. The molecule has 0 spiro atoms. The fourth-order valence-electron chi connectivity index (χ4n) is 6.85. The van der Waals surface area contributed by atoms with Gasteiger partial charge in [-0.1, -0.05) is 98.4 Å². The molecule has 17 nitrogen and oxygen atoms in total. The van der Waals surface area contributed by atoms with Gasteiger partial charge in [-0.3, -0.25) is 19.2 Å². The van der Waals surface area contributed by atoms with E-state index < -0.39 is 48.4 Å². The number of benzene rings is 8. The highest BCUT2D eigenvalue weighted by Crippen LogP contribution is 2.40. The Labute approximate surface area is 412 Å². The number of hydrogen-bond donors (Lipinski definition) is 7. The molecule has 2 amide bonds. The fraction of sp³-hybridized carbons (Fsp3) is 0.0909. The summed E-state index contributed by atoms with van der Waals surface area (Å²) < 4.78 is 9.21. The van der Waals surface area contributed by atoms with Gasteiger partial charge in [0.2, 0.25) is 0 Å². The van der Waals surface area contributed by atoms with Gasteiger partial charge in [0.15, 0.2) is 17.3 Å². The summed E-state index contributed by atoms with van der Waals surface area (Å²) in [5, 5.41) is 55.7. The van der Waals surface area contributed by atoms with Gasteiger partial charge < -0.3 is 46.3 Å². The molecule has 0 saturated heterocycles. The van der Waals surface area contributed by atoms with Crippen LogP contribution in [0, 0.1) is 0 Å². The van der Waals surface area contributed by atoms with Crippen molar-refractivity contribution in [2.45, 2.75) is 7.43 Å². The summed E-state index contributed by atoms with van der Waals surface area (Å²) in [6, 6.07) is 45.5. The monoisotopic (exact) mass is 971 g/mol. The van der Waals surface area contributed by atoms with Crippen LogP contribution in [-0.2, 0) is 9.47 Å². The number of fused-ring (bicyclic) bond motifs is 2. The van der Waals surface area contributed by atoms with Gasteiger partial charge in [0, 0.05) is 33.6 Å². The molecule has 8 aromatic carbocycles. The van der Waals surface area contributed by atoms with Gasteiger partial charge in [0.25, 0.3) is 11.8 Å². The lowest BCUT2D eigenvalue weighted by molar-refractivity contribution is 0.0592. The molecule has 17 heteroatoms. The van der Waals surface area contributed by atoms with Crippen LogP contribution in [0.2, 0.25) is 0 Å². The molecule has 366 valence electrons. The van der Waals surface area contributed by atoms with Crippen molar-refractivity contribution in [2.24, 2.45) is 10.2 Å². The molecule has 8 N–H and O–H groups in total. The number of Topliss-reactive ketones (excluding diaryl/α,β-unsaturated/α-hetero) is 2. The summed E-state index contributed by atoms with van der Waals surface area (Å²) in [6.45, 7) is -1.36. The van der Waals surface area contributed by atoms with Crippen LogP contribution in [0.3, 0.4) is 0 Å². The van der Waals surface area contributed by atoms with Gasteiger partial charge in [-0.05, 0) is 89.0 Å². The first kappa shape index (κ1) is 53.4. The molecule has 0 bridgehead atoms. The van der Waals surface area contributed by atoms with Crippen LogP contribution in [-0.4, -0.2) is 83.2 Å². The van der Waals surface area contributed by atoms with E-state index in [1.807, 2.05) is 48.5 Å². The van der Waals surface area contributed by atoms with Crippen LogP contribution in [0.5, 0.6) is 11.5 Å². The number of hydrogen-bond acceptors (Lipinski definition) is 15. The Kier molecular flexibility index (Phi) is 18.6. The number of ether oxygens (including phenoxy) is 2. The first-order valence-electron chi connectivity index (χ1n) is 21.4. The number of aromatic hydroxyl groups is 2.